The van der Waals surface area contributed by atoms with E-state index in [1.54, 1.807) is 6.07 Å². The highest BCUT2D eigenvalue weighted by molar-refractivity contribution is 5.89. The average Bonchev–Trinajstić information content (AvgIpc) is 3.23. The first-order valence-electron chi connectivity index (χ1n) is 8.66. The monoisotopic (exact) mass is 370 g/mol. The Hall–Kier alpha value is -2.09. The van der Waals surface area contributed by atoms with Gasteiger partial charge in [0.1, 0.15) is 0 Å². The molecule has 3 rings (SSSR count). The summed E-state index contributed by atoms with van der Waals surface area (Å²) in [5.74, 6) is -0.908. The van der Waals surface area contributed by atoms with Crippen molar-refractivity contribution in [1.29, 1.82) is 0 Å². The standard InChI is InChI=1S/C18H21F3N2O3/c19-18(20,21)14-4-1-3-12(7-14)10-23-11-13(8-16(23)24)17(25)22-9-15-5-2-6-26-15/h1,3-4,7,13,15H,2,5-6,8-11H2,(H,22,25)/t13-,15+/m0/s1. The maximum atomic E-state index is 12.8. The van der Waals surface area contributed by atoms with Gasteiger partial charge in [-0.15, -0.1) is 0 Å². The largest absolute Gasteiger partial charge is 0.416 e. The number of halogens is 3. The summed E-state index contributed by atoms with van der Waals surface area (Å²) in [7, 11) is 0. The van der Waals surface area contributed by atoms with Crippen LogP contribution in [0.15, 0.2) is 24.3 Å². The van der Waals surface area contributed by atoms with Gasteiger partial charge >= 0.3 is 6.18 Å². The Labute approximate surface area is 149 Å². The highest BCUT2D eigenvalue weighted by Gasteiger charge is 2.35. The minimum absolute atomic E-state index is 0.0252. The minimum atomic E-state index is -4.42. The normalized spacial score (nSPS) is 23.5. The lowest BCUT2D eigenvalue weighted by molar-refractivity contribution is -0.137. The third kappa shape index (κ3) is 4.55. The second-order valence-corrected chi connectivity index (χ2v) is 6.75. The van der Waals surface area contributed by atoms with Crippen LogP contribution in [0.4, 0.5) is 13.2 Å². The number of ether oxygens (including phenoxy) is 1. The number of nitrogens with one attached hydrogen (secondary N) is 1. The molecule has 2 aliphatic rings. The van der Waals surface area contributed by atoms with Crippen molar-refractivity contribution >= 4 is 11.8 Å². The zero-order valence-corrected chi connectivity index (χ0v) is 14.2. The Bertz CT molecular complexity index is 672. The van der Waals surface area contributed by atoms with Gasteiger partial charge in [-0.1, -0.05) is 12.1 Å². The van der Waals surface area contributed by atoms with Gasteiger partial charge in [-0.25, -0.2) is 0 Å². The third-order valence-corrected chi connectivity index (χ3v) is 4.74. The highest BCUT2D eigenvalue weighted by Crippen LogP contribution is 2.30. The second-order valence-electron chi connectivity index (χ2n) is 6.75. The maximum Gasteiger partial charge on any atom is 0.416 e. The topological polar surface area (TPSA) is 58.6 Å². The number of carbonyl (C=O) groups is 2. The van der Waals surface area contributed by atoms with Crippen molar-refractivity contribution < 1.29 is 27.5 Å². The van der Waals surface area contributed by atoms with E-state index in [-0.39, 0.29) is 37.4 Å². The zero-order valence-electron chi connectivity index (χ0n) is 14.2. The van der Waals surface area contributed by atoms with Crippen molar-refractivity contribution in [2.45, 2.75) is 38.1 Å². The van der Waals surface area contributed by atoms with Crippen LogP contribution in [0.25, 0.3) is 0 Å². The lowest BCUT2D eigenvalue weighted by atomic mass is 10.1. The van der Waals surface area contributed by atoms with Crippen molar-refractivity contribution in [3.05, 3.63) is 35.4 Å². The molecule has 0 unspecified atom stereocenters. The summed E-state index contributed by atoms with van der Waals surface area (Å²) < 4.78 is 43.8. The lowest BCUT2D eigenvalue weighted by Gasteiger charge is -2.18. The van der Waals surface area contributed by atoms with Gasteiger partial charge in [0, 0.05) is 32.7 Å². The fraction of sp³-hybridized carbons (Fsp3) is 0.556. The van der Waals surface area contributed by atoms with Crippen LogP contribution in [0, 0.1) is 5.92 Å². The number of hydrogen-bond donors (Lipinski definition) is 1. The van der Waals surface area contributed by atoms with E-state index in [2.05, 4.69) is 5.32 Å². The SMILES string of the molecule is O=C(NC[C@H]1CCCO1)[C@H]1CC(=O)N(Cc2cccc(C(F)(F)F)c2)C1. The van der Waals surface area contributed by atoms with Gasteiger partial charge in [0.25, 0.3) is 0 Å². The zero-order chi connectivity index (χ0) is 18.7. The summed E-state index contributed by atoms with van der Waals surface area (Å²) in [6.07, 6.45) is -2.43. The number of rotatable bonds is 5. The van der Waals surface area contributed by atoms with Crippen molar-refractivity contribution in [3.63, 3.8) is 0 Å². The van der Waals surface area contributed by atoms with Crippen molar-refractivity contribution in [3.8, 4) is 0 Å². The van der Waals surface area contributed by atoms with Crippen LogP contribution in [0.1, 0.15) is 30.4 Å². The minimum Gasteiger partial charge on any atom is -0.376 e. The van der Waals surface area contributed by atoms with Gasteiger partial charge in [0.2, 0.25) is 11.8 Å². The number of amides is 2. The molecule has 0 radical (unpaired) electrons. The van der Waals surface area contributed by atoms with E-state index in [0.717, 1.165) is 25.0 Å². The predicted octanol–water partition coefficient (Wildman–Crippen LogP) is 2.35. The predicted molar refractivity (Wildman–Crippen MR) is 87.0 cm³/mol. The molecule has 0 saturated carbocycles. The van der Waals surface area contributed by atoms with E-state index in [4.69, 9.17) is 4.74 Å². The van der Waals surface area contributed by atoms with Crippen molar-refractivity contribution in [2.24, 2.45) is 5.92 Å². The lowest BCUT2D eigenvalue weighted by Crippen LogP contribution is -2.37. The Morgan fingerprint density at radius 3 is 2.85 bits per heavy atom. The van der Waals surface area contributed by atoms with Crippen LogP contribution in [0.2, 0.25) is 0 Å². The van der Waals surface area contributed by atoms with Crippen LogP contribution in [-0.4, -0.2) is 42.5 Å². The van der Waals surface area contributed by atoms with E-state index in [1.807, 2.05) is 0 Å². The Morgan fingerprint density at radius 2 is 2.15 bits per heavy atom. The molecule has 2 amide bonds. The molecule has 5 nitrogen and oxygen atoms in total. The van der Waals surface area contributed by atoms with Gasteiger partial charge in [0.05, 0.1) is 17.6 Å². The van der Waals surface area contributed by atoms with Crippen LogP contribution in [-0.2, 0) is 27.0 Å². The quantitative estimate of drug-likeness (QED) is 0.866. The number of nitrogens with zero attached hydrogens (tertiary/aromatic N) is 1. The van der Waals surface area contributed by atoms with E-state index in [9.17, 15) is 22.8 Å². The molecule has 2 fully saturated rings. The van der Waals surface area contributed by atoms with Crippen LogP contribution >= 0.6 is 0 Å². The van der Waals surface area contributed by atoms with Crippen LogP contribution in [0.3, 0.4) is 0 Å². The number of likely N-dealkylation sites (tertiary alicyclic amines) is 1. The molecule has 0 aliphatic carbocycles. The molecular weight excluding hydrogens is 349 g/mol. The van der Waals surface area contributed by atoms with E-state index in [0.29, 0.717) is 18.7 Å². The molecule has 1 N–H and O–H groups in total. The first kappa shape index (κ1) is 18.7. The summed E-state index contributed by atoms with van der Waals surface area (Å²) in [4.78, 5) is 25.8. The smallest absolute Gasteiger partial charge is 0.376 e. The molecule has 2 aliphatic heterocycles. The fourth-order valence-electron chi connectivity index (χ4n) is 3.33. The van der Waals surface area contributed by atoms with Gasteiger partial charge < -0.3 is 15.0 Å². The highest BCUT2D eigenvalue weighted by atomic mass is 19.4. The molecule has 2 saturated heterocycles. The molecule has 0 bridgehead atoms. The first-order valence-corrected chi connectivity index (χ1v) is 8.66. The molecule has 26 heavy (non-hydrogen) atoms. The van der Waals surface area contributed by atoms with Gasteiger partial charge in [0.15, 0.2) is 0 Å². The van der Waals surface area contributed by atoms with E-state index >= 15 is 0 Å². The van der Waals surface area contributed by atoms with Crippen LogP contribution in [0.5, 0.6) is 0 Å². The number of alkyl halides is 3. The summed E-state index contributed by atoms with van der Waals surface area (Å²) in [6, 6.07) is 4.91. The molecule has 8 heteroatoms. The number of hydrogen-bond acceptors (Lipinski definition) is 3. The molecular formula is C18H21F3N2O3. The summed E-state index contributed by atoms with van der Waals surface area (Å²) in [6.45, 7) is 1.41. The van der Waals surface area contributed by atoms with E-state index < -0.39 is 17.7 Å². The molecule has 2 heterocycles. The second kappa shape index (κ2) is 7.65. The van der Waals surface area contributed by atoms with Crippen molar-refractivity contribution in [2.75, 3.05) is 19.7 Å². The molecule has 1 aromatic rings. The Balaban J connectivity index is 1.55. The molecule has 0 spiro atoms. The fourth-order valence-corrected chi connectivity index (χ4v) is 3.33. The van der Waals surface area contributed by atoms with Crippen molar-refractivity contribution in [1.82, 2.24) is 10.2 Å². The Kier molecular flexibility index (Phi) is 5.50. The Morgan fingerprint density at radius 1 is 1.35 bits per heavy atom. The van der Waals surface area contributed by atoms with Gasteiger partial charge in [-0.3, -0.25) is 9.59 Å². The number of benzene rings is 1. The van der Waals surface area contributed by atoms with Crippen LogP contribution < -0.4 is 5.32 Å². The summed E-state index contributed by atoms with van der Waals surface area (Å²) in [5.41, 5.74) is -0.346. The first-order chi connectivity index (χ1) is 12.3. The van der Waals surface area contributed by atoms with Gasteiger partial charge in [-0.2, -0.15) is 13.2 Å². The molecule has 1 aromatic carbocycles. The van der Waals surface area contributed by atoms with Gasteiger partial charge in [-0.05, 0) is 30.5 Å². The summed E-state index contributed by atoms with van der Waals surface area (Å²) >= 11 is 0. The molecule has 142 valence electrons. The average molecular weight is 370 g/mol. The number of carbonyl (C=O) groups excluding carboxylic acids is 2. The van der Waals surface area contributed by atoms with E-state index in [1.165, 1.54) is 11.0 Å². The molecule has 2 atom stereocenters. The summed E-state index contributed by atoms with van der Waals surface area (Å²) in [5, 5.41) is 2.81. The molecule has 0 aromatic heterocycles. The maximum absolute atomic E-state index is 12.8. The third-order valence-electron chi connectivity index (χ3n) is 4.74.